The van der Waals surface area contributed by atoms with E-state index in [1.165, 1.54) is 17.8 Å². The average Bonchev–Trinajstić information content (AvgIpc) is 3.34. The molecule has 1 aromatic carbocycles. The molecule has 4 aromatic rings. The van der Waals surface area contributed by atoms with Crippen molar-refractivity contribution in [3.05, 3.63) is 72.2 Å². The maximum absolute atomic E-state index is 13.2. The molecule has 0 aliphatic carbocycles. The fourth-order valence-electron chi connectivity index (χ4n) is 3.71. The molecule has 0 spiro atoms. The third-order valence-electron chi connectivity index (χ3n) is 5.13. The molecule has 136 valence electrons. The van der Waals surface area contributed by atoms with Gasteiger partial charge in [-0.3, -0.25) is 0 Å². The third-order valence-corrected chi connectivity index (χ3v) is 5.13. The quantitative estimate of drug-likeness (QED) is 0.606. The molecule has 1 aliphatic heterocycles. The molecule has 0 unspecified atom stereocenters. The lowest BCUT2D eigenvalue weighted by molar-refractivity contribution is 0.378. The topological polar surface area (TPSA) is 60.0 Å². The van der Waals surface area contributed by atoms with Gasteiger partial charge in [0.25, 0.3) is 0 Å². The lowest BCUT2D eigenvalue weighted by Crippen LogP contribution is -2.37. The summed E-state index contributed by atoms with van der Waals surface area (Å²) < 4.78 is 17.5. The zero-order valence-corrected chi connectivity index (χ0v) is 14.7. The van der Waals surface area contributed by atoms with Gasteiger partial charge in [0.15, 0.2) is 5.82 Å². The summed E-state index contributed by atoms with van der Waals surface area (Å²) in [5.41, 5.74) is 3.02. The van der Waals surface area contributed by atoms with Gasteiger partial charge in [0.05, 0.1) is 0 Å². The van der Waals surface area contributed by atoms with Gasteiger partial charge in [-0.05, 0) is 42.8 Å². The smallest absolute Gasteiger partial charge is 0.164 e. The molecule has 0 bridgehead atoms. The van der Waals surface area contributed by atoms with Crippen LogP contribution in [-0.4, -0.2) is 30.2 Å². The number of hydrogen-bond acceptors (Lipinski definition) is 4. The maximum atomic E-state index is 13.2. The number of nitrogens with zero attached hydrogens (tertiary/aromatic N) is 5. The Morgan fingerprint density at radius 2 is 2.00 bits per heavy atom. The molecule has 27 heavy (non-hydrogen) atoms. The van der Waals surface area contributed by atoms with Crippen LogP contribution in [0.3, 0.4) is 0 Å². The van der Waals surface area contributed by atoms with E-state index < -0.39 is 0 Å². The van der Waals surface area contributed by atoms with Crippen LogP contribution in [0.25, 0.3) is 17.0 Å². The van der Waals surface area contributed by atoms with Crippen molar-refractivity contribution in [1.29, 1.82) is 0 Å². The number of aryl methyl sites for hydroxylation is 1. The zero-order valence-electron chi connectivity index (χ0n) is 14.7. The number of aromatic nitrogens is 5. The van der Waals surface area contributed by atoms with E-state index in [0.717, 1.165) is 48.8 Å². The standard InChI is InChI=1S/C20H19FN6/c21-15-6-4-14(5-7-15)20-25-24-19-9-8-16(13-27(19)20)23-12-17-2-1-3-18-22-10-11-26(17)18/h1-7,10-11,16,23H,8-9,12-13H2/t16-/m0/s1. The van der Waals surface area contributed by atoms with E-state index in [1.807, 2.05) is 24.5 Å². The van der Waals surface area contributed by atoms with Crippen LogP contribution in [0.4, 0.5) is 4.39 Å². The number of halogens is 1. The monoisotopic (exact) mass is 362 g/mol. The fraction of sp³-hybridized carbons (Fsp3) is 0.250. The predicted octanol–water partition coefficient (Wildman–Crippen LogP) is 2.84. The molecule has 1 N–H and O–H groups in total. The Bertz CT molecular complexity index is 1080. The summed E-state index contributed by atoms with van der Waals surface area (Å²) in [5.74, 6) is 1.54. The van der Waals surface area contributed by atoms with Gasteiger partial charge in [0, 0.05) is 49.2 Å². The second-order valence-electron chi connectivity index (χ2n) is 6.85. The van der Waals surface area contributed by atoms with Crippen molar-refractivity contribution in [2.24, 2.45) is 0 Å². The lowest BCUT2D eigenvalue weighted by atomic mass is 10.1. The van der Waals surface area contributed by atoms with Crippen LogP contribution in [0, 0.1) is 5.82 Å². The first-order valence-corrected chi connectivity index (χ1v) is 9.10. The molecule has 6 nitrogen and oxygen atoms in total. The minimum absolute atomic E-state index is 0.245. The summed E-state index contributed by atoms with van der Waals surface area (Å²) in [4.78, 5) is 4.34. The molecule has 7 heteroatoms. The first-order valence-electron chi connectivity index (χ1n) is 9.10. The Labute approximate surface area is 155 Å². The number of hydrogen-bond donors (Lipinski definition) is 1. The molecule has 0 saturated carbocycles. The Morgan fingerprint density at radius 3 is 2.89 bits per heavy atom. The lowest BCUT2D eigenvalue weighted by Gasteiger charge is -2.25. The summed E-state index contributed by atoms with van der Waals surface area (Å²) >= 11 is 0. The van der Waals surface area contributed by atoms with Crippen molar-refractivity contribution in [3.8, 4) is 11.4 Å². The largest absolute Gasteiger partial charge is 0.309 e. The summed E-state index contributed by atoms with van der Waals surface area (Å²) in [6.45, 7) is 1.57. The highest BCUT2D eigenvalue weighted by atomic mass is 19.1. The predicted molar refractivity (Wildman–Crippen MR) is 99.6 cm³/mol. The third kappa shape index (κ3) is 3.00. The van der Waals surface area contributed by atoms with Gasteiger partial charge in [-0.2, -0.15) is 0 Å². The second kappa shape index (κ2) is 6.59. The van der Waals surface area contributed by atoms with E-state index >= 15 is 0 Å². The van der Waals surface area contributed by atoms with Gasteiger partial charge in [0.2, 0.25) is 0 Å². The number of rotatable bonds is 4. The molecule has 0 radical (unpaired) electrons. The minimum atomic E-state index is -0.245. The molecule has 3 aromatic heterocycles. The highest BCUT2D eigenvalue weighted by Gasteiger charge is 2.23. The Hall–Kier alpha value is -3.06. The van der Waals surface area contributed by atoms with Crippen LogP contribution in [-0.2, 0) is 19.5 Å². The first-order chi connectivity index (χ1) is 13.3. The average molecular weight is 362 g/mol. The molecule has 4 heterocycles. The van der Waals surface area contributed by atoms with Crippen molar-refractivity contribution in [2.45, 2.75) is 32.0 Å². The number of fused-ring (bicyclic) bond motifs is 2. The van der Waals surface area contributed by atoms with E-state index in [1.54, 1.807) is 12.1 Å². The summed E-state index contributed by atoms with van der Waals surface area (Å²) in [7, 11) is 0. The highest BCUT2D eigenvalue weighted by Crippen LogP contribution is 2.23. The fourth-order valence-corrected chi connectivity index (χ4v) is 3.71. The molecule has 0 amide bonds. The molecule has 5 rings (SSSR count). The molecule has 0 fully saturated rings. The van der Waals surface area contributed by atoms with Crippen molar-refractivity contribution in [1.82, 2.24) is 29.5 Å². The molecule has 1 aliphatic rings. The van der Waals surface area contributed by atoms with Crippen LogP contribution in [0.1, 0.15) is 17.9 Å². The first kappa shape index (κ1) is 16.1. The highest BCUT2D eigenvalue weighted by molar-refractivity contribution is 5.55. The van der Waals surface area contributed by atoms with Gasteiger partial charge in [-0.1, -0.05) is 6.07 Å². The molecular weight excluding hydrogens is 343 g/mol. The van der Waals surface area contributed by atoms with Crippen molar-refractivity contribution in [3.63, 3.8) is 0 Å². The maximum Gasteiger partial charge on any atom is 0.164 e. The number of benzene rings is 1. The van der Waals surface area contributed by atoms with Gasteiger partial charge in [-0.25, -0.2) is 9.37 Å². The van der Waals surface area contributed by atoms with E-state index in [9.17, 15) is 4.39 Å². The molecular formula is C20H19FN6. The number of nitrogens with one attached hydrogen (secondary N) is 1. The summed E-state index contributed by atoms with van der Waals surface area (Å²) in [5, 5.41) is 12.3. The van der Waals surface area contributed by atoms with Gasteiger partial charge in [0.1, 0.15) is 17.3 Å². The van der Waals surface area contributed by atoms with Crippen molar-refractivity contribution >= 4 is 5.65 Å². The Morgan fingerprint density at radius 1 is 1.11 bits per heavy atom. The molecule has 0 saturated heterocycles. The number of imidazole rings is 1. The Kier molecular flexibility index (Phi) is 3.94. The van der Waals surface area contributed by atoms with E-state index in [-0.39, 0.29) is 5.82 Å². The van der Waals surface area contributed by atoms with Crippen molar-refractivity contribution in [2.75, 3.05) is 0 Å². The number of pyridine rings is 1. The second-order valence-corrected chi connectivity index (χ2v) is 6.85. The van der Waals surface area contributed by atoms with Crippen molar-refractivity contribution < 1.29 is 4.39 Å². The van der Waals surface area contributed by atoms with Gasteiger partial charge < -0.3 is 14.3 Å². The van der Waals surface area contributed by atoms with Crippen LogP contribution in [0.2, 0.25) is 0 Å². The van der Waals surface area contributed by atoms with E-state index in [0.29, 0.717) is 6.04 Å². The van der Waals surface area contributed by atoms with Crippen LogP contribution >= 0.6 is 0 Å². The van der Waals surface area contributed by atoms with Gasteiger partial charge in [-0.15, -0.1) is 10.2 Å². The summed E-state index contributed by atoms with van der Waals surface area (Å²) in [6, 6.07) is 12.9. The van der Waals surface area contributed by atoms with E-state index in [2.05, 4.69) is 35.5 Å². The van der Waals surface area contributed by atoms with Crippen LogP contribution in [0.5, 0.6) is 0 Å². The zero-order chi connectivity index (χ0) is 18.2. The summed E-state index contributed by atoms with van der Waals surface area (Å²) in [6.07, 6.45) is 5.69. The van der Waals surface area contributed by atoms with Gasteiger partial charge >= 0.3 is 0 Å². The normalized spacial score (nSPS) is 16.6. The Balaban J connectivity index is 1.34. The van der Waals surface area contributed by atoms with E-state index in [4.69, 9.17) is 0 Å². The minimum Gasteiger partial charge on any atom is -0.309 e. The van der Waals surface area contributed by atoms with Crippen LogP contribution in [0.15, 0.2) is 54.9 Å². The van der Waals surface area contributed by atoms with Crippen LogP contribution < -0.4 is 5.32 Å². The SMILES string of the molecule is Fc1ccc(-c2nnc3n2C[C@@H](NCc2cccc4nccn24)CC3)cc1. The molecule has 1 atom stereocenters.